The Kier molecular flexibility index (Phi) is 6.34. The summed E-state index contributed by atoms with van der Waals surface area (Å²) in [6.45, 7) is 4.83. The first-order valence-electron chi connectivity index (χ1n) is 8.23. The molecule has 132 valence electrons. The van der Waals surface area contributed by atoms with Crippen LogP contribution in [-0.2, 0) is 6.54 Å². The third-order valence-corrected chi connectivity index (χ3v) is 5.09. The van der Waals surface area contributed by atoms with E-state index in [0.717, 1.165) is 53.5 Å². The Hall–Kier alpha value is -1.56. The summed E-state index contributed by atoms with van der Waals surface area (Å²) in [5.74, 6) is 0.827. The fraction of sp³-hybridized carbons (Fsp3) is 0.316. The maximum Gasteiger partial charge on any atom is 0.133 e. The average molecular weight is 423 g/mol. The molecule has 4 nitrogen and oxygen atoms in total. The predicted molar refractivity (Wildman–Crippen MR) is 107 cm³/mol. The number of hydrazone groups is 1. The zero-order valence-corrected chi connectivity index (χ0v) is 16.5. The first kappa shape index (κ1) is 18.2. The molecule has 0 unspecified atom stereocenters. The van der Waals surface area contributed by atoms with Gasteiger partial charge < -0.3 is 4.74 Å². The fourth-order valence-electron chi connectivity index (χ4n) is 2.77. The summed E-state index contributed by atoms with van der Waals surface area (Å²) in [6.07, 6.45) is 1.90. The first-order chi connectivity index (χ1) is 12.1. The zero-order valence-electron chi connectivity index (χ0n) is 14.2. The second kappa shape index (κ2) is 8.70. The molecule has 0 aromatic heterocycles. The number of halogens is 2. The lowest BCUT2D eigenvalue weighted by molar-refractivity contribution is 0.131. The van der Waals surface area contributed by atoms with E-state index in [4.69, 9.17) is 16.3 Å². The number of ether oxygens (including phenoxy) is 1. The van der Waals surface area contributed by atoms with Gasteiger partial charge in [0.25, 0.3) is 0 Å². The summed E-state index contributed by atoms with van der Waals surface area (Å²) >= 11 is 9.44. The van der Waals surface area contributed by atoms with E-state index in [2.05, 4.69) is 43.1 Å². The van der Waals surface area contributed by atoms with Crippen molar-refractivity contribution >= 4 is 33.7 Å². The summed E-state index contributed by atoms with van der Waals surface area (Å²) in [5, 5.41) is 7.51. The van der Waals surface area contributed by atoms with Crippen molar-refractivity contribution in [2.45, 2.75) is 6.54 Å². The van der Waals surface area contributed by atoms with Crippen LogP contribution >= 0.6 is 27.5 Å². The Bertz CT molecular complexity index is 728. The third kappa shape index (κ3) is 5.21. The van der Waals surface area contributed by atoms with Crippen LogP contribution in [0.4, 0.5) is 0 Å². The Morgan fingerprint density at radius 2 is 1.84 bits per heavy atom. The van der Waals surface area contributed by atoms with Gasteiger partial charge in [-0.15, -0.1) is 0 Å². The lowest BCUT2D eigenvalue weighted by atomic mass is 10.2. The molecule has 0 amide bonds. The molecule has 1 saturated heterocycles. The van der Waals surface area contributed by atoms with Gasteiger partial charge in [-0.05, 0) is 57.4 Å². The number of hydrogen-bond acceptors (Lipinski definition) is 4. The maximum atomic E-state index is 5.94. The van der Waals surface area contributed by atoms with Crippen LogP contribution in [0, 0.1) is 0 Å². The lowest BCUT2D eigenvalue weighted by Crippen LogP contribution is -2.43. The molecular weight excluding hydrogens is 402 g/mol. The number of hydrogen-bond donors (Lipinski definition) is 0. The molecule has 6 heteroatoms. The molecule has 0 spiro atoms. The van der Waals surface area contributed by atoms with Crippen LogP contribution < -0.4 is 4.74 Å². The van der Waals surface area contributed by atoms with Crippen LogP contribution in [0.2, 0.25) is 5.02 Å². The largest absolute Gasteiger partial charge is 0.496 e. The molecule has 3 rings (SSSR count). The number of rotatable bonds is 5. The van der Waals surface area contributed by atoms with Gasteiger partial charge in [0.05, 0.1) is 17.8 Å². The van der Waals surface area contributed by atoms with Crippen LogP contribution in [0.15, 0.2) is 52.0 Å². The van der Waals surface area contributed by atoms with Crippen LogP contribution in [0.5, 0.6) is 5.75 Å². The molecule has 0 bridgehead atoms. The lowest BCUT2D eigenvalue weighted by Gasteiger charge is -2.33. The van der Waals surface area contributed by atoms with E-state index in [1.165, 1.54) is 5.56 Å². The highest BCUT2D eigenvalue weighted by molar-refractivity contribution is 9.10. The molecule has 2 aromatic rings. The molecule has 1 aliphatic heterocycles. The van der Waals surface area contributed by atoms with E-state index in [1.54, 1.807) is 7.11 Å². The number of piperazine rings is 1. The summed E-state index contributed by atoms with van der Waals surface area (Å²) in [5.41, 5.74) is 2.35. The molecular formula is C19H21BrClN3O. The molecule has 0 saturated carbocycles. The minimum atomic E-state index is 0.785. The fourth-order valence-corrected chi connectivity index (χ4v) is 3.45. The highest BCUT2D eigenvalue weighted by Crippen LogP contribution is 2.24. The Morgan fingerprint density at radius 1 is 1.12 bits per heavy atom. The molecule has 25 heavy (non-hydrogen) atoms. The zero-order chi connectivity index (χ0) is 17.6. The molecule has 1 fully saturated rings. The van der Waals surface area contributed by atoms with Crippen molar-refractivity contribution < 1.29 is 4.74 Å². The summed E-state index contributed by atoms with van der Waals surface area (Å²) in [4.78, 5) is 2.44. The summed E-state index contributed by atoms with van der Waals surface area (Å²) < 4.78 is 6.18. The second-order valence-corrected chi connectivity index (χ2v) is 7.29. The normalized spacial score (nSPS) is 15.7. The smallest absolute Gasteiger partial charge is 0.133 e. The molecule has 1 heterocycles. The summed E-state index contributed by atoms with van der Waals surface area (Å²) in [7, 11) is 1.66. The quantitative estimate of drug-likeness (QED) is 0.674. The van der Waals surface area contributed by atoms with Gasteiger partial charge in [-0.2, -0.15) is 5.10 Å². The molecule has 0 N–H and O–H groups in total. The average Bonchev–Trinajstić information content (AvgIpc) is 2.63. The summed E-state index contributed by atoms with van der Waals surface area (Å²) in [6, 6.07) is 14.0. The second-order valence-electron chi connectivity index (χ2n) is 5.99. The third-order valence-electron chi connectivity index (χ3n) is 4.21. The minimum Gasteiger partial charge on any atom is -0.496 e. The van der Waals surface area contributed by atoms with E-state index in [9.17, 15) is 0 Å². The van der Waals surface area contributed by atoms with Crippen molar-refractivity contribution in [3.63, 3.8) is 0 Å². The van der Waals surface area contributed by atoms with Crippen molar-refractivity contribution in [2.24, 2.45) is 5.10 Å². The van der Waals surface area contributed by atoms with Crippen LogP contribution in [0.3, 0.4) is 0 Å². The van der Waals surface area contributed by atoms with Crippen LogP contribution in [0.1, 0.15) is 11.1 Å². The predicted octanol–water partition coefficient (Wildman–Crippen LogP) is 4.26. The highest BCUT2D eigenvalue weighted by Gasteiger charge is 2.15. The minimum absolute atomic E-state index is 0.785. The van der Waals surface area contributed by atoms with Gasteiger partial charge in [-0.3, -0.25) is 9.91 Å². The maximum absolute atomic E-state index is 5.94. The van der Waals surface area contributed by atoms with E-state index in [0.29, 0.717) is 0 Å². The highest BCUT2D eigenvalue weighted by atomic mass is 79.9. The van der Waals surface area contributed by atoms with Gasteiger partial charge in [0, 0.05) is 37.7 Å². The van der Waals surface area contributed by atoms with E-state index in [-0.39, 0.29) is 0 Å². The van der Waals surface area contributed by atoms with Gasteiger partial charge in [0.1, 0.15) is 5.75 Å². The Morgan fingerprint density at radius 3 is 2.48 bits per heavy atom. The monoisotopic (exact) mass is 421 g/mol. The van der Waals surface area contributed by atoms with Crippen molar-refractivity contribution in [1.29, 1.82) is 0 Å². The molecule has 2 aromatic carbocycles. The van der Waals surface area contributed by atoms with Gasteiger partial charge in [-0.25, -0.2) is 0 Å². The molecule has 0 radical (unpaired) electrons. The van der Waals surface area contributed by atoms with Crippen LogP contribution in [0.25, 0.3) is 0 Å². The SMILES string of the molecule is COc1ccc(/C=N\N2CCN(Cc3ccc(Cl)cc3)CC2)cc1Br. The molecule has 0 aliphatic carbocycles. The Balaban J connectivity index is 1.50. The van der Waals surface area contributed by atoms with Gasteiger partial charge >= 0.3 is 0 Å². The number of methoxy groups -OCH3 is 1. The van der Waals surface area contributed by atoms with Crippen molar-refractivity contribution in [3.05, 3.63) is 63.1 Å². The van der Waals surface area contributed by atoms with Crippen LogP contribution in [-0.4, -0.2) is 49.4 Å². The number of nitrogens with zero attached hydrogens (tertiary/aromatic N) is 3. The topological polar surface area (TPSA) is 28.1 Å². The number of benzene rings is 2. The first-order valence-corrected chi connectivity index (χ1v) is 9.40. The Labute approximate surface area is 162 Å². The molecule has 0 atom stereocenters. The van der Waals surface area contributed by atoms with E-state index >= 15 is 0 Å². The standard InChI is InChI=1S/C19H21BrClN3O/c1-25-19-7-4-16(12-18(19)20)13-22-24-10-8-23(9-11-24)14-15-2-5-17(21)6-3-15/h2-7,12-13H,8-11,14H2,1H3/b22-13-. The van der Waals surface area contributed by atoms with Crippen molar-refractivity contribution in [1.82, 2.24) is 9.91 Å². The van der Waals surface area contributed by atoms with Crippen molar-refractivity contribution in [3.8, 4) is 5.75 Å². The van der Waals surface area contributed by atoms with Crippen molar-refractivity contribution in [2.75, 3.05) is 33.3 Å². The van der Waals surface area contributed by atoms with Gasteiger partial charge in [-0.1, -0.05) is 23.7 Å². The van der Waals surface area contributed by atoms with Gasteiger partial charge in [0.15, 0.2) is 0 Å². The molecule has 1 aliphatic rings. The van der Waals surface area contributed by atoms with E-state index in [1.807, 2.05) is 36.5 Å². The van der Waals surface area contributed by atoms with E-state index < -0.39 is 0 Å². The van der Waals surface area contributed by atoms with Gasteiger partial charge in [0.2, 0.25) is 0 Å².